The zero-order chi connectivity index (χ0) is 20.4. The summed E-state index contributed by atoms with van der Waals surface area (Å²) in [4.78, 5) is 29.3. The third-order valence-electron chi connectivity index (χ3n) is 5.01. The Labute approximate surface area is 174 Å². The fraction of sp³-hybridized carbons (Fsp3) is 0.333. The number of aromatic nitrogens is 3. The lowest BCUT2D eigenvalue weighted by Gasteiger charge is -2.24. The van der Waals surface area contributed by atoms with Crippen LogP contribution in [-0.4, -0.2) is 39.4 Å². The topological polar surface area (TPSA) is 83.0 Å². The van der Waals surface area contributed by atoms with Crippen molar-refractivity contribution in [1.82, 2.24) is 19.9 Å². The minimum absolute atomic E-state index is 0.00631. The molecule has 1 aliphatic heterocycles. The molecule has 8 heteroatoms. The van der Waals surface area contributed by atoms with E-state index in [0.717, 1.165) is 53.1 Å². The van der Waals surface area contributed by atoms with Crippen LogP contribution in [0.1, 0.15) is 45.6 Å². The van der Waals surface area contributed by atoms with E-state index in [-0.39, 0.29) is 11.9 Å². The van der Waals surface area contributed by atoms with Gasteiger partial charge in [0, 0.05) is 19.3 Å². The number of carbonyl (C=O) groups is 1. The van der Waals surface area contributed by atoms with Gasteiger partial charge in [0.1, 0.15) is 10.7 Å². The molecule has 29 heavy (non-hydrogen) atoms. The van der Waals surface area contributed by atoms with Crippen LogP contribution in [0.15, 0.2) is 36.5 Å². The summed E-state index contributed by atoms with van der Waals surface area (Å²) in [5.41, 5.74) is 3.52. The van der Waals surface area contributed by atoms with Crippen molar-refractivity contribution in [3.8, 4) is 0 Å². The second-order valence-electron chi connectivity index (χ2n) is 7.10. The molecule has 0 spiro atoms. The van der Waals surface area contributed by atoms with Gasteiger partial charge >= 0.3 is 0 Å². The van der Waals surface area contributed by atoms with Crippen molar-refractivity contribution in [2.75, 3.05) is 24.2 Å². The van der Waals surface area contributed by atoms with Crippen LogP contribution in [0, 0.1) is 13.8 Å². The summed E-state index contributed by atoms with van der Waals surface area (Å²) in [6, 6.07) is 9.83. The number of aryl methyl sites for hydroxylation is 2. The number of nitrogens with zero attached hydrogens (tertiary/aromatic N) is 4. The van der Waals surface area contributed by atoms with E-state index in [1.54, 1.807) is 6.20 Å². The van der Waals surface area contributed by atoms with Crippen LogP contribution in [0.3, 0.4) is 0 Å². The minimum Gasteiger partial charge on any atom is -0.365 e. The standard InChI is InChI=1S/C21H24N6OS/c1-13-6-4-8-18(24-13)26-15-9-10-16(23-12-15)17-7-5-11-27(17)20(28)19-14(2)25-21(22-3)29-19/h4,6,8-10,12,17H,5,7,11H2,1-3H3,(H,22,25)(H,24,26)/t17-/m1/s1. The van der Waals surface area contributed by atoms with Crippen LogP contribution < -0.4 is 10.6 Å². The van der Waals surface area contributed by atoms with Crippen LogP contribution in [0.2, 0.25) is 0 Å². The molecule has 150 valence electrons. The quantitative estimate of drug-likeness (QED) is 0.654. The van der Waals surface area contributed by atoms with Gasteiger partial charge in [-0.05, 0) is 51.0 Å². The first-order chi connectivity index (χ1) is 14.0. The third kappa shape index (κ3) is 4.07. The fourth-order valence-electron chi connectivity index (χ4n) is 3.59. The lowest BCUT2D eigenvalue weighted by Crippen LogP contribution is -2.30. The van der Waals surface area contributed by atoms with Gasteiger partial charge in [0.05, 0.1) is 29.3 Å². The maximum atomic E-state index is 13.1. The predicted molar refractivity (Wildman–Crippen MR) is 116 cm³/mol. The highest BCUT2D eigenvalue weighted by Gasteiger charge is 2.33. The first kappa shape index (κ1) is 19.3. The Balaban J connectivity index is 1.51. The van der Waals surface area contributed by atoms with Crippen molar-refractivity contribution in [3.05, 3.63) is 58.5 Å². The van der Waals surface area contributed by atoms with Crippen molar-refractivity contribution in [2.24, 2.45) is 0 Å². The normalized spacial score (nSPS) is 16.1. The lowest BCUT2D eigenvalue weighted by atomic mass is 10.1. The van der Waals surface area contributed by atoms with Gasteiger partial charge in [-0.3, -0.25) is 9.78 Å². The highest BCUT2D eigenvalue weighted by atomic mass is 32.1. The maximum Gasteiger partial charge on any atom is 0.266 e. The maximum absolute atomic E-state index is 13.1. The first-order valence-corrected chi connectivity index (χ1v) is 10.5. The molecule has 0 saturated carbocycles. The Kier molecular flexibility index (Phi) is 5.44. The molecular weight excluding hydrogens is 384 g/mol. The molecule has 0 radical (unpaired) electrons. The number of carbonyl (C=O) groups excluding carboxylic acids is 1. The van der Waals surface area contributed by atoms with Gasteiger partial charge in [-0.2, -0.15) is 0 Å². The molecule has 1 fully saturated rings. The largest absolute Gasteiger partial charge is 0.365 e. The Morgan fingerprint density at radius 1 is 1.21 bits per heavy atom. The monoisotopic (exact) mass is 408 g/mol. The van der Waals surface area contributed by atoms with Gasteiger partial charge in [-0.25, -0.2) is 9.97 Å². The van der Waals surface area contributed by atoms with Gasteiger partial charge in [0.15, 0.2) is 5.13 Å². The van der Waals surface area contributed by atoms with Crippen molar-refractivity contribution >= 4 is 33.9 Å². The minimum atomic E-state index is -0.00631. The number of hydrogen-bond donors (Lipinski definition) is 2. The lowest BCUT2D eigenvalue weighted by molar-refractivity contribution is 0.0737. The molecule has 4 heterocycles. The fourth-order valence-corrected chi connectivity index (χ4v) is 4.46. The Morgan fingerprint density at radius 2 is 2.07 bits per heavy atom. The molecule has 0 unspecified atom stereocenters. The van der Waals surface area contributed by atoms with Gasteiger partial charge in [0.25, 0.3) is 5.91 Å². The van der Waals surface area contributed by atoms with Crippen LogP contribution in [0.5, 0.6) is 0 Å². The summed E-state index contributed by atoms with van der Waals surface area (Å²) < 4.78 is 0. The molecule has 3 aromatic rings. The molecule has 1 amide bonds. The highest BCUT2D eigenvalue weighted by Crippen LogP contribution is 2.34. The number of hydrogen-bond acceptors (Lipinski definition) is 7. The zero-order valence-corrected chi connectivity index (χ0v) is 17.6. The summed E-state index contributed by atoms with van der Waals surface area (Å²) in [5, 5.41) is 7.05. The number of pyridine rings is 2. The molecule has 0 aliphatic carbocycles. The molecule has 1 atom stereocenters. The Bertz CT molecular complexity index is 1020. The van der Waals surface area contributed by atoms with Crippen LogP contribution in [0.4, 0.5) is 16.6 Å². The van der Waals surface area contributed by atoms with Gasteiger partial charge in [0.2, 0.25) is 0 Å². The average molecular weight is 409 g/mol. The number of amides is 1. The van der Waals surface area contributed by atoms with Crippen molar-refractivity contribution in [3.63, 3.8) is 0 Å². The summed E-state index contributed by atoms with van der Waals surface area (Å²) in [6.45, 7) is 4.58. The van der Waals surface area contributed by atoms with E-state index in [1.165, 1.54) is 11.3 Å². The molecule has 1 saturated heterocycles. The van der Waals surface area contributed by atoms with E-state index in [1.807, 2.05) is 56.1 Å². The van der Waals surface area contributed by atoms with Crippen molar-refractivity contribution in [1.29, 1.82) is 0 Å². The summed E-state index contributed by atoms with van der Waals surface area (Å²) in [7, 11) is 1.82. The van der Waals surface area contributed by atoms with E-state index >= 15 is 0 Å². The molecule has 2 N–H and O–H groups in total. The molecule has 3 aromatic heterocycles. The molecular formula is C21H24N6OS. The molecule has 1 aliphatic rings. The van der Waals surface area contributed by atoms with E-state index in [9.17, 15) is 4.79 Å². The second kappa shape index (κ2) is 8.16. The number of rotatable bonds is 5. The van der Waals surface area contributed by atoms with Gasteiger partial charge in [-0.15, -0.1) is 0 Å². The molecule has 7 nitrogen and oxygen atoms in total. The van der Waals surface area contributed by atoms with Crippen LogP contribution >= 0.6 is 11.3 Å². The van der Waals surface area contributed by atoms with E-state index in [4.69, 9.17) is 0 Å². The Hall–Kier alpha value is -3.00. The summed E-state index contributed by atoms with van der Waals surface area (Å²) in [6.07, 6.45) is 3.70. The Morgan fingerprint density at radius 3 is 2.76 bits per heavy atom. The van der Waals surface area contributed by atoms with Crippen molar-refractivity contribution in [2.45, 2.75) is 32.7 Å². The van der Waals surface area contributed by atoms with Gasteiger partial charge < -0.3 is 15.5 Å². The highest BCUT2D eigenvalue weighted by molar-refractivity contribution is 7.17. The first-order valence-electron chi connectivity index (χ1n) is 9.68. The zero-order valence-electron chi connectivity index (χ0n) is 16.8. The second-order valence-corrected chi connectivity index (χ2v) is 8.10. The predicted octanol–water partition coefficient (Wildman–Crippen LogP) is 4.31. The van der Waals surface area contributed by atoms with Crippen LogP contribution in [-0.2, 0) is 0 Å². The molecule has 0 bridgehead atoms. The van der Waals surface area contributed by atoms with Crippen molar-refractivity contribution < 1.29 is 4.79 Å². The summed E-state index contributed by atoms with van der Waals surface area (Å²) in [5.74, 6) is 0.829. The number of likely N-dealkylation sites (tertiary alicyclic amines) is 1. The molecule has 4 rings (SSSR count). The van der Waals surface area contributed by atoms with Crippen LogP contribution in [0.25, 0.3) is 0 Å². The summed E-state index contributed by atoms with van der Waals surface area (Å²) >= 11 is 1.41. The van der Waals surface area contributed by atoms with E-state index < -0.39 is 0 Å². The van der Waals surface area contributed by atoms with E-state index in [2.05, 4.69) is 25.6 Å². The average Bonchev–Trinajstić information content (AvgIpc) is 3.35. The van der Waals surface area contributed by atoms with Gasteiger partial charge in [-0.1, -0.05) is 17.4 Å². The SMILES string of the molecule is CNc1nc(C)c(C(=O)N2CCC[C@@H]2c2ccc(Nc3cccc(C)n3)cn2)s1. The number of thiazole rings is 1. The smallest absolute Gasteiger partial charge is 0.266 e. The molecule has 0 aromatic carbocycles. The van der Waals surface area contributed by atoms with E-state index in [0.29, 0.717) is 4.88 Å². The number of nitrogens with one attached hydrogen (secondary N) is 2. The third-order valence-corrected chi connectivity index (χ3v) is 6.17. The number of anilines is 3.